The fraction of sp³-hybridized carbons (Fsp3) is 0.381. The smallest absolute Gasteiger partial charge is 0.270 e. The van der Waals surface area contributed by atoms with Gasteiger partial charge in [-0.2, -0.15) is 0 Å². The summed E-state index contributed by atoms with van der Waals surface area (Å²) >= 11 is 1.32. The van der Waals surface area contributed by atoms with Gasteiger partial charge in [0.2, 0.25) is 5.89 Å². The van der Waals surface area contributed by atoms with Crippen LogP contribution in [0.5, 0.6) is 0 Å². The Morgan fingerprint density at radius 2 is 1.97 bits per heavy atom. The predicted molar refractivity (Wildman–Crippen MR) is 112 cm³/mol. The van der Waals surface area contributed by atoms with Gasteiger partial charge < -0.3 is 14.5 Å². The van der Waals surface area contributed by atoms with Gasteiger partial charge in [-0.3, -0.25) is 9.69 Å². The first-order valence-electron chi connectivity index (χ1n) is 9.82. The molecule has 1 amide bonds. The molecule has 1 aliphatic heterocycles. The summed E-state index contributed by atoms with van der Waals surface area (Å²) < 4.78 is 24.9. The van der Waals surface area contributed by atoms with Gasteiger partial charge in [-0.1, -0.05) is 0 Å². The highest BCUT2D eigenvalue weighted by atomic mass is 32.1. The average molecular weight is 431 g/mol. The second-order valence-electron chi connectivity index (χ2n) is 7.35. The van der Waals surface area contributed by atoms with Crippen LogP contribution in [0.4, 0.5) is 4.39 Å². The Kier molecular flexibility index (Phi) is 6.21. The van der Waals surface area contributed by atoms with Crippen LogP contribution in [0, 0.1) is 5.82 Å². The Morgan fingerprint density at radius 3 is 2.67 bits per heavy atom. The van der Waals surface area contributed by atoms with Crippen molar-refractivity contribution in [2.45, 2.75) is 26.4 Å². The van der Waals surface area contributed by atoms with Gasteiger partial charge in [0.1, 0.15) is 17.2 Å². The summed E-state index contributed by atoms with van der Waals surface area (Å²) in [4.78, 5) is 23.6. The highest BCUT2D eigenvalue weighted by molar-refractivity contribution is 7.13. The van der Waals surface area contributed by atoms with Gasteiger partial charge >= 0.3 is 0 Å². The van der Waals surface area contributed by atoms with Gasteiger partial charge in [-0.25, -0.2) is 14.4 Å². The molecule has 0 radical (unpaired) electrons. The van der Waals surface area contributed by atoms with Crippen LogP contribution in [-0.2, 0) is 11.3 Å². The fourth-order valence-corrected chi connectivity index (χ4v) is 3.93. The molecule has 158 valence electrons. The minimum Gasteiger partial charge on any atom is -0.436 e. The number of nitrogens with one attached hydrogen (secondary N) is 1. The molecule has 0 unspecified atom stereocenters. The molecule has 0 spiro atoms. The van der Waals surface area contributed by atoms with Gasteiger partial charge in [0.25, 0.3) is 5.91 Å². The highest BCUT2D eigenvalue weighted by Gasteiger charge is 2.23. The van der Waals surface area contributed by atoms with E-state index in [0.717, 1.165) is 18.7 Å². The van der Waals surface area contributed by atoms with Crippen molar-refractivity contribution >= 4 is 17.2 Å². The molecule has 0 atom stereocenters. The monoisotopic (exact) mass is 430 g/mol. The summed E-state index contributed by atoms with van der Waals surface area (Å²) in [6.07, 6.45) is 0. The van der Waals surface area contributed by atoms with E-state index in [1.54, 1.807) is 17.5 Å². The van der Waals surface area contributed by atoms with Crippen LogP contribution in [0.15, 0.2) is 34.1 Å². The number of carbonyl (C=O) groups is 1. The topological polar surface area (TPSA) is 80.5 Å². The molecule has 7 nitrogen and oxygen atoms in total. The lowest BCUT2D eigenvalue weighted by molar-refractivity contribution is 0.0307. The molecule has 1 N–H and O–H groups in total. The zero-order valence-electron chi connectivity index (χ0n) is 16.9. The first-order chi connectivity index (χ1) is 14.5. The van der Waals surface area contributed by atoms with Gasteiger partial charge in [-0.05, 0) is 38.1 Å². The number of halogens is 1. The summed E-state index contributed by atoms with van der Waals surface area (Å²) in [5.41, 5.74) is 1.65. The van der Waals surface area contributed by atoms with E-state index < -0.39 is 0 Å². The number of nitrogens with zero attached hydrogens (tertiary/aromatic N) is 3. The second kappa shape index (κ2) is 9.03. The number of thiazole rings is 1. The number of hydrogen-bond donors (Lipinski definition) is 1. The van der Waals surface area contributed by atoms with Gasteiger partial charge in [0, 0.05) is 30.1 Å². The lowest BCUT2D eigenvalue weighted by Gasteiger charge is -2.24. The predicted octanol–water partition coefficient (Wildman–Crippen LogP) is 3.57. The third-order valence-electron chi connectivity index (χ3n) is 4.60. The molecule has 0 bridgehead atoms. The van der Waals surface area contributed by atoms with Crippen LogP contribution in [0.25, 0.3) is 22.0 Å². The normalized spacial score (nSPS) is 14.9. The number of oxazole rings is 1. The van der Waals surface area contributed by atoms with Crippen molar-refractivity contribution in [3.05, 3.63) is 47.0 Å². The molecule has 4 rings (SSSR count). The Morgan fingerprint density at radius 1 is 1.23 bits per heavy atom. The van der Waals surface area contributed by atoms with E-state index in [9.17, 15) is 9.18 Å². The van der Waals surface area contributed by atoms with E-state index in [1.165, 1.54) is 23.5 Å². The maximum Gasteiger partial charge on any atom is 0.270 e. The molecule has 1 fully saturated rings. The largest absolute Gasteiger partial charge is 0.436 e. The van der Waals surface area contributed by atoms with Gasteiger partial charge in [0.05, 0.1) is 19.8 Å². The van der Waals surface area contributed by atoms with Crippen molar-refractivity contribution in [2.24, 2.45) is 0 Å². The molecule has 3 heterocycles. The lowest BCUT2D eigenvalue weighted by Crippen LogP contribution is -2.35. The second-order valence-corrected chi connectivity index (χ2v) is 8.20. The fourth-order valence-electron chi connectivity index (χ4n) is 3.15. The Balaban J connectivity index is 1.67. The quantitative estimate of drug-likeness (QED) is 0.644. The van der Waals surface area contributed by atoms with Crippen LogP contribution in [-0.4, -0.2) is 53.1 Å². The van der Waals surface area contributed by atoms with Crippen molar-refractivity contribution in [1.82, 2.24) is 20.2 Å². The Hall–Kier alpha value is -2.62. The van der Waals surface area contributed by atoms with Crippen LogP contribution in [0.2, 0.25) is 0 Å². The van der Waals surface area contributed by atoms with E-state index in [0.29, 0.717) is 47.8 Å². The summed E-state index contributed by atoms with van der Waals surface area (Å²) in [6, 6.07) is 6.12. The third kappa shape index (κ3) is 4.75. The zero-order chi connectivity index (χ0) is 21.1. The number of ether oxygens (including phenoxy) is 1. The molecule has 9 heteroatoms. The zero-order valence-corrected chi connectivity index (χ0v) is 17.7. The summed E-state index contributed by atoms with van der Waals surface area (Å²) in [5, 5.41) is 5.09. The summed E-state index contributed by atoms with van der Waals surface area (Å²) in [6.45, 7) is 7.31. The van der Waals surface area contributed by atoms with Crippen LogP contribution >= 0.6 is 11.3 Å². The van der Waals surface area contributed by atoms with E-state index in [-0.39, 0.29) is 17.8 Å². The van der Waals surface area contributed by atoms with E-state index >= 15 is 0 Å². The summed E-state index contributed by atoms with van der Waals surface area (Å²) in [7, 11) is 0. The van der Waals surface area contributed by atoms with Crippen LogP contribution in [0.1, 0.15) is 30.2 Å². The average Bonchev–Trinajstić information content (AvgIpc) is 3.36. The van der Waals surface area contributed by atoms with E-state index in [1.807, 2.05) is 13.8 Å². The van der Waals surface area contributed by atoms with Crippen molar-refractivity contribution in [3.8, 4) is 22.0 Å². The number of carbonyl (C=O) groups excluding carboxylic acids is 1. The van der Waals surface area contributed by atoms with Gasteiger partial charge in [-0.15, -0.1) is 11.3 Å². The van der Waals surface area contributed by atoms with Crippen molar-refractivity contribution < 1.29 is 18.3 Å². The number of aromatic nitrogens is 2. The number of amides is 1. The number of rotatable bonds is 6. The first kappa shape index (κ1) is 20.6. The Bertz CT molecular complexity index is 1010. The molecule has 2 aromatic heterocycles. The number of benzene rings is 1. The number of hydrogen-bond acceptors (Lipinski definition) is 7. The molecular formula is C21H23FN4O3S. The highest BCUT2D eigenvalue weighted by Crippen LogP contribution is 2.35. The minimum atomic E-state index is -0.320. The number of morpholine rings is 1. The molecule has 1 saturated heterocycles. The van der Waals surface area contributed by atoms with Crippen LogP contribution < -0.4 is 5.32 Å². The van der Waals surface area contributed by atoms with Crippen molar-refractivity contribution in [2.75, 3.05) is 26.3 Å². The van der Waals surface area contributed by atoms with Crippen LogP contribution in [0.3, 0.4) is 0 Å². The molecular weight excluding hydrogens is 407 g/mol. The summed E-state index contributed by atoms with van der Waals surface area (Å²) in [5.74, 6) is 0.483. The lowest BCUT2D eigenvalue weighted by atomic mass is 10.1. The van der Waals surface area contributed by atoms with Gasteiger partial charge in [0.15, 0.2) is 10.8 Å². The van der Waals surface area contributed by atoms with Crippen molar-refractivity contribution in [3.63, 3.8) is 0 Å². The molecule has 1 aliphatic rings. The third-order valence-corrected chi connectivity index (χ3v) is 5.44. The molecule has 3 aromatic rings. The maximum atomic E-state index is 13.4. The SMILES string of the molecule is CC(C)NC(=O)c1csc(-c2oc(CN3CCOCC3)nc2-c2ccc(F)cc2)n1. The van der Waals surface area contributed by atoms with E-state index in [4.69, 9.17) is 9.15 Å². The molecule has 1 aromatic carbocycles. The van der Waals surface area contributed by atoms with E-state index in [2.05, 4.69) is 20.2 Å². The maximum absolute atomic E-state index is 13.4. The first-order valence-corrected chi connectivity index (χ1v) is 10.7. The minimum absolute atomic E-state index is 0.0165. The van der Waals surface area contributed by atoms with Crippen molar-refractivity contribution in [1.29, 1.82) is 0 Å². The standard InChI is InChI=1S/C21H23FN4O3S/c1-13(2)23-20(27)16-12-30-21(24-16)19-18(14-3-5-15(22)6-4-14)25-17(29-19)11-26-7-9-28-10-8-26/h3-6,12-13H,7-11H2,1-2H3,(H,23,27). The molecule has 0 saturated carbocycles. The molecule has 30 heavy (non-hydrogen) atoms. The molecule has 0 aliphatic carbocycles. The Labute approximate surface area is 177 Å².